The summed E-state index contributed by atoms with van der Waals surface area (Å²) < 4.78 is 5.22. The van der Waals surface area contributed by atoms with E-state index < -0.39 is 0 Å². The van der Waals surface area contributed by atoms with Gasteiger partial charge in [-0.15, -0.1) is 0 Å². The van der Waals surface area contributed by atoms with Crippen molar-refractivity contribution >= 4 is 6.21 Å². The third-order valence-corrected chi connectivity index (χ3v) is 2.20. The highest BCUT2D eigenvalue weighted by molar-refractivity contribution is 5.78. The summed E-state index contributed by atoms with van der Waals surface area (Å²) in [5.41, 5.74) is 6.56. The molecule has 1 aliphatic rings. The van der Waals surface area contributed by atoms with Crippen molar-refractivity contribution in [3.63, 3.8) is 0 Å². The van der Waals surface area contributed by atoms with Gasteiger partial charge < -0.3 is 10.5 Å². The van der Waals surface area contributed by atoms with Crippen molar-refractivity contribution in [2.45, 2.75) is 26.3 Å². The Kier molecular flexibility index (Phi) is 3.96. The van der Waals surface area contributed by atoms with Crippen LogP contribution in [0.4, 0.5) is 0 Å². The standard InChI is InChI=1S/C10H18N2O/c1-8(2)9(5-11)6-12-10-3-4-13-7-10/h5-6,8,10H,3-4,7,11H2,1-2H3/b9-5+,12-6?. The van der Waals surface area contributed by atoms with E-state index in [1.165, 1.54) is 0 Å². The first kappa shape index (κ1) is 10.3. The van der Waals surface area contributed by atoms with Gasteiger partial charge in [0.15, 0.2) is 0 Å². The van der Waals surface area contributed by atoms with Gasteiger partial charge in [0, 0.05) is 12.8 Å². The first-order valence-corrected chi connectivity index (χ1v) is 4.76. The SMILES string of the molecule is CC(C)/C(C=NC1CCOC1)=C/N. The van der Waals surface area contributed by atoms with Crippen molar-refractivity contribution < 1.29 is 4.74 Å². The van der Waals surface area contributed by atoms with Crippen LogP contribution in [0.15, 0.2) is 16.8 Å². The fourth-order valence-electron chi connectivity index (χ4n) is 1.22. The second-order valence-corrected chi connectivity index (χ2v) is 3.62. The molecule has 2 N–H and O–H groups in total. The quantitative estimate of drug-likeness (QED) is 0.670. The van der Waals surface area contributed by atoms with Crippen molar-refractivity contribution in [2.75, 3.05) is 13.2 Å². The van der Waals surface area contributed by atoms with Crippen LogP contribution in [-0.4, -0.2) is 25.5 Å². The van der Waals surface area contributed by atoms with Crippen molar-refractivity contribution in [3.05, 3.63) is 11.8 Å². The summed E-state index contributed by atoms with van der Waals surface area (Å²) in [7, 11) is 0. The van der Waals surface area contributed by atoms with E-state index in [0.717, 1.165) is 25.2 Å². The summed E-state index contributed by atoms with van der Waals surface area (Å²) in [6.07, 6.45) is 4.54. The zero-order chi connectivity index (χ0) is 9.68. The summed E-state index contributed by atoms with van der Waals surface area (Å²) in [4.78, 5) is 4.42. The summed E-state index contributed by atoms with van der Waals surface area (Å²) in [6, 6.07) is 0.341. The highest BCUT2D eigenvalue weighted by atomic mass is 16.5. The Hall–Kier alpha value is -0.830. The zero-order valence-corrected chi connectivity index (χ0v) is 8.36. The number of hydrogen-bond acceptors (Lipinski definition) is 3. The van der Waals surface area contributed by atoms with Crippen LogP contribution in [0.2, 0.25) is 0 Å². The molecule has 0 spiro atoms. The number of allylic oxidation sites excluding steroid dienone is 1. The number of hydrogen-bond donors (Lipinski definition) is 1. The lowest BCUT2D eigenvalue weighted by atomic mass is 10.1. The molecule has 1 unspecified atom stereocenters. The Bertz CT molecular complexity index is 203. The molecule has 0 aliphatic carbocycles. The van der Waals surface area contributed by atoms with Gasteiger partial charge in [-0.05, 0) is 24.1 Å². The van der Waals surface area contributed by atoms with Gasteiger partial charge in [0.1, 0.15) is 0 Å². The van der Waals surface area contributed by atoms with Crippen LogP contribution in [-0.2, 0) is 4.74 Å². The molecule has 1 aliphatic heterocycles. The molecule has 3 heteroatoms. The Labute approximate surface area is 79.7 Å². The molecule has 0 saturated carbocycles. The molecule has 74 valence electrons. The van der Waals surface area contributed by atoms with Crippen LogP contribution < -0.4 is 5.73 Å². The van der Waals surface area contributed by atoms with E-state index in [-0.39, 0.29) is 0 Å². The fraction of sp³-hybridized carbons (Fsp3) is 0.700. The average molecular weight is 182 g/mol. The maximum Gasteiger partial charge on any atom is 0.0755 e. The fourth-order valence-corrected chi connectivity index (χ4v) is 1.22. The molecular formula is C10H18N2O. The minimum absolute atomic E-state index is 0.341. The smallest absolute Gasteiger partial charge is 0.0755 e. The minimum atomic E-state index is 0.341. The largest absolute Gasteiger partial charge is 0.404 e. The lowest BCUT2D eigenvalue weighted by Crippen LogP contribution is -2.06. The van der Waals surface area contributed by atoms with Gasteiger partial charge in [-0.3, -0.25) is 4.99 Å². The van der Waals surface area contributed by atoms with E-state index in [1.54, 1.807) is 6.20 Å². The zero-order valence-electron chi connectivity index (χ0n) is 8.36. The molecule has 1 saturated heterocycles. The number of rotatable bonds is 3. The van der Waals surface area contributed by atoms with Gasteiger partial charge in [0.25, 0.3) is 0 Å². The van der Waals surface area contributed by atoms with E-state index in [2.05, 4.69) is 18.8 Å². The van der Waals surface area contributed by atoms with Gasteiger partial charge in [-0.1, -0.05) is 13.8 Å². The van der Waals surface area contributed by atoms with Crippen LogP contribution in [0.25, 0.3) is 0 Å². The Balaban J connectivity index is 2.45. The van der Waals surface area contributed by atoms with Gasteiger partial charge in [0.05, 0.1) is 12.6 Å². The molecular weight excluding hydrogens is 164 g/mol. The van der Waals surface area contributed by atoms with Crippen molar-refractivity contribution in [1.82, 2.24) is 0 Å². The van der Waals surface area contributed by atoms with Gasteiger partial charge in [-0.25, -0.2) is 0 Å². The van der Waals surface area contributed by atoms with Gasteiger partial charge >= 0.3 is 0 Å². The predicted octanol–water partition coefficient (Wildman–Crippen LogP) is 1.34. The Morgan fingerprint density at radius 3 is 2.85 bits per heavy atom. The van der Waals surface area contributed by atoms with Crippen LogP contribution >= 0.6 is 0 Å². The lowest BCUT2D eigenvalue weighted by Gasteiger charge is -2.05. The molecule has 0 aromatic carbocycles. The van der Waals surface area contributed by atoms with Crippen LogP contribution in [0.3, 0.4) is 0 Å². The third-order valence-electron chi connectivity index (χ3n) is 2.20. The summed E-state index contributed by atoms with van der Waals surface area (Å²) >= 11 is 0. The van der Waals surface area contributed by atoms with Crippen molar-refractivity contribution in [1.29, 1.82) is 0 Å². The number of nitrogens with zero attached hydrogens (tertiary/aromatic N) is 1. The molecule has 1 fully saturated rings. The molecule has 3 nitrogen and oxygen atoms in total. The maximum absolute atomic E-state index is 5.47. The van der Waals surface area contributed by atoms with Crippen LogP contribution in [0, 0.1) is 5.92 Å². The molecule has 1 atom stereocenters. The highest BCUT2D eigenvalue weighted by Gasteiger charge is 2.13. The second kappa shape index (κ2) is 5.02. The molecule has 0 aromatic heterocycles. The van der Waals surface area contributed by atoms with Gasteiger partial charge in [0.2, 0.25) is 0 Å². The summed E-state index contributed by atoms with van der Waals surface area (Å²) in [6.45, 7) is 5.81. The third kappa shape index (κ3) is 3.19. The normalized spacial score (nSPS) is 24.8. The Morgan fingerprint density at radius 1 is 1.62 bits per heavy atom. The predicted molar refractivity (Wildman–Crippen MR) is 54.8 cm³/mol. The summed E-state index contributed by atoms with van der Waals surface area (Å²) in [5.74, 6) is 0.441. The van der Waals surface area contributed by atoms with Crippen LogP contribution in [0.5, 0.6) is 0 Å². The number of aliphatic imine (C=N–C) groups is 1. The van der Waals surface area contributed by atoms with E-state index in [9.17, 15) is 0 Å². The lowest BCUT2D eigenvalue weighted by molar-refractivity contribution is 0.194. The first-order chi connectivity index (χ1) is 6.24. The van der Waals surface area contributed by atoms with Gasteiger partial charge in [-0.2, -0.15) is 0 Å². The van der Waals surface area contributed by atoms with E-state index >= 15 is 0 Å². The number of nitrogens with two attached hydrogens (primary N) is 1. The molecule has 0 bridgehead atoms. The summed E-state index contributed by atoms with van der Waals surface area (Å²) in [5, 5.41) is 0. The topological polar surface area (TPSA) is 47.6 Å². The molecule has 0 radical (unpaired) electrons. The average Bonchev–Trinajstić information content (AvgIpc) is 2.57. The van der Waals surface area contributed by atoms with Crippen molar-refractivity contribution in [3.8, 4) is 0 Å². The van der Waals surface area contributed by atoms with E-state index in [1.807, 2.05) is 6.21 Å². The maximum atomic E-state index is 5.47. The van der Waals surface area contributed by atoms with Crippen LogP contribution in [0.1, 0.15) is 20.3 Å². The number of ether oxygens (including phenoxy) is 1. The minimum Gasteiger partial charge on any atom is -0.404 e. The molecule has 0 aromatic rings. The Morgan fingerprint density at radius 2 is 2.38 bits per heavy atom. The molecule has 0 amide bonds. The molecule has 13 heavy (non-hydrogen) atoms. The monoisotopic (exact) mass is 182 g/mol. The van der Waals surface area contributed by atoms with E-state index in [0.29, 0.717) is 12.0 Å². The van der Waals surface area contributed by atoms with E-state index in [4.69, 9.17) is 10.5 Å². The highest BCUT2D eigenvalue weighted by Crippen LogP contribution is 2.10. The van der Waals surface area contributed by atoms with Crippen molar-refractivity contribution in [2.24, 2.45) is 16.6 Å². The first-order valence-electron chi connectivity index (χ1n) is 4.76. The molecule has 1 heterocycles. The molecule has 1 rings (SSSR count). The second-order valence-electron chi connectivity index (χ2n) is 3.62.